The standard InChI is InChI=1S/C13H27NO/c1-13(2,15-4)9-8-12(14-3)10-11-6-5-7-11/h11-12,14H,5-10H2,1-4H3. The summed E-state index contributed by atoms with van der Waals surface area (Å²) in [5.74, 6) is 0.994. The fourth-order valence-corrected chi connectivity index (χ4v) is 2.13. The van der Waals surface area contributed by atoms with Crippen molar-refractivity contribution < 1.29 is 4.74 Å². The lowest BCUT2D eigenvalue weighted by atomic mass is 9.79. The lowest BCUT2D eigenvalue weighted by Gasteiger charge is -2.31. The van der Waals surface area contributed by atoms with E-state index in [-0.39, 0.29) is 5.60 Å². The molecule has 1 atom stereocenters. The van der Waals surface area contributed by atoms with Crippen molar-refractivity contribution in [3.63, 3.8) is 0 Å². The van der Waals surface area contributed by atoms with Crippen molar-refractivity contribution in [2.24, 2.45) is 5.92 Å². The van der Waals surface area contributed by atoms with Crippen LogP contribution in [0.25, 0.3) is 0 Å². The highest BCUT2D eigenvalue weighted by Crippen LogP contribution is 2.31. The molecule has 0 radical (unpaired) electrons. The molecule has 0 bridgehead atoms. The molecule has 1 rings (SSSR count). The maximum absolute atomic E-state index is 5.45. The third-order valence-electron chi connectivity index (χ3n) is 3.90. The Bertz CT molecular complexity index is 175. The molecular weight excluding hydrogens is 186 g/mol. The van der Waals surface area contributed by atoms with Crippen molar-refractivity contribution in [1.82, 2.24) is 5.32 Å². The lowest BCUT2D eigenvalue weighted by Crippen LogP contribution is -2.33. The van der Waals surface area contributed by atoms with Crippen LogP contribution in [-0.2, 0) is 4.74 Å². The Labute approximate surface area is 94.8 Å². The highest BCUT2D eigenvalue weighted by molar-refractivity contribution is 4.79. The highest BCUT2D eigenvalue weighted by atomic mass is 16.5. The average Bonchev–Trinajstić information content (AvgIpc) is 2.15. The smallest absolute Gasteiger partial charge is 0.0623 e. The third kappa shape index (κ3) is 4.52. The monoisotopic (exact) mass is 213 g/mol. The van der Waals surface area contributed by atoms with Gasteiger partial charge in [-0.25, -0.2) is 0 Å². The Balaban J connectivity index is 2.20. The van der Waals surface area contributed by atoms with Gasteiger partial charge in [0.05, 0.1) is 5.60 Å². The molecule has 0 aliphatic heterocycles. The van der Waals surface area contributed by atoms with E-state index in [1.54, 1.807) is 7.11 Å². The molecule has 1 unspecified atom stereocenters. The van der Waals surface area contributed by atoms with Gasteiger partial charge >= 0.3 is 0 Å². The van der Waals surface area contributed by atoms with Crippen molar-refractivity contribution in [3.8, 4) is 0 Å². The second-order valence-corrected chi connectivity index (χ2v) is 5.52. The van der Waals surface area contributed by atoms with Gasteiger partial charge in [0, 0.05) is 13.2 Å². The van der Waals surface area contributed by atoms with Gasteiger partial charge in [0.1, 0.15) is 0 Å². The van der Waals surface area contributed by atoms with Crippen molar-refractivity contribution in [2.75, 3.05) is 14.2 Å². The van der Waals surface area contributed by atoms with Crippen LogP contribution in [0.3, 0.4) is 0 Å². The van der Waals surface area contributed by atoms with Gasteiger partial charge in [-0.1, -0.05) is 19.3 Å². The number of hydrogen-bond acceptors (Lipinski definition) is 2. The van der Waals surface area contributed by atoms with Gasteiger partial charge in [-0.2, -0.15) is 0 Å². The van der Waals surface area contributed by atoms with Crippen molar-refractivity contribution >= 4 is 0 Å². The third-order valence-corrected chi connectivity index (χ3v) is 3.90. The van der Waals surface area contributed by atoms with Gasteiger partial charge in [-0.15, -0.1) is 0 Å². The first-order chi connectivity index (χ1) is 7.07. The quantitative estimate of drug-likeness (QED) is 0.702. The minimum Gasteiger partial charge on any atom is -0.379 e. The lowest BCUT2D eigenvalue weighted by molar-refractivity contribution is 0.0110. The zero-order valence-corrected chi connectivity index (χ0v) is 10.8. The molecule has 15 heavy (non-hydrogen) atoms. The molecule has 0 heterocycles. The highest BCUT2D eigenvalue weighted by Gasteiger charge is 2.23. The van der Waals surface area contributed by atoms with Gasteiger partial charge in [-0.05, 0) is 46.1 Å². The van der Waals surface area contributed by atoms with E-state index >= 15 is 0 Å². The minimum absolute atomic E-state index is 0.0364. The van der Waals surface area contributed by atoms with E-state index in [4.69, 9.17) is 4.74 Å². The van der Waals surface area contributed by atoms with Gasteiger partial charge in [0.25, 0.3) is 0 Å². The summed E-state index contributed by atoms with van der Waals surface area (Å²) in [6.07, 6.45) is 8.08. The van der Waals surface area contributed by atoms with E-state index in [0.717, 1.165) is 12.3 Å². The topological polar surface area (TPSA) is 21.3 Å². The fourth-order valence-electron chi connectivity index (χ4n) is 2.13. The van der Waals surface area contributed by atoms with E-state index in [0.29, 0.717) is 6.04 Å². The van der Waals surface area contributed by atoms with E-state index < -0.39 is 0 Å². The zero-order chi connectivity index (χ0) is 11.3. The molecule has 2 heteroatoms. The van der Waals surface area contributed by atoms with Crippen LogP contribution in [0.4, 0.5) is 0 Å². The van der Waals surface area contributed by atoms with Crippen LogP contribution in [-0.4, -0.2) is 25.8 Å². The summed E-state index contributed by atoms with van der Waals surface area (Å²) >= 11 is 0. The van der Waals surface area contributed by atoms with Crippen LogP contribution in [0.2, 0.25) is 0 Å². The molecule has 1 N–H and O–H groups in total. The molecule has 1 fully saturated rings. The number of ether oxygens (including phenoxy) is 1. The first-order valence-electron chi connectivity index (χ1n) is 6.30. The molecule has 1 aliphatic rings. The number of hydrogen-bond donors (Lipinski definition) is 1. The molecule has 2 nitrogen and oxygen atoms in total. The molecule has 1 aliphatic carbocycles. The number of methoxy groups -OCH3 is 1. The molecule has 0 aromatic carbocycles. The summed E-state index contributed by atoms with van der Waals surface area (Å²) in [6.45, 7) is 4.34. The summed E-state index contributed by atoms with van der Waals surface area (Å²) in [5, 5.41) is 3.44. The molecule has 0 saturated heterocycles. The van der Waals surface area contributed by atoms with Gasteiger partial charge in [0.15, 0.2) is 0 Å². The zero-order valence-electron chi connectivity index (χ0n) is 10.8. The summed E-state index contributed by atoms with van der Waals surface area (Å²) in [7, 11) is 3.89. The molecule has 0 amide bonds. The van der Waals surface area contributed by atoms with Gasteiger partial charge < -0.3 is 10.1 Å². The molecule has 0 spiro atoms. The Kier molecular flexibility index (Phi) is 5.07. The molecule has 0 aromatic rings. The minimum atomic E-state index is 0.0364. The SMILES string of the molecule is CNC(CCC(C)(C)OC)CC1CCC1. The van der Waals surface area contributed by atoms with Crippen LogP contribution in [0.15, 0.2) is 0 Å². The predicted molar refractivity (Wildman–Crippen MR) is 65.1 cm³/mol. The summed E-state index contributed by atoms with van der Waals surface area (Å²) < 4.78 is 5.45. The second kappa shape index (κ2) is 5.86. The largest absolute Gasteiger partial charge is 0.379 e. The fraction of sp³-hybridized carbons (Fsp3) is 1.00. The number of nitrogens with one attached hydrogen (secondary N) is 1. The van der Waals surface area contributed by atoms with Crippen LogP contribution < -0.4 is 5.32 Å². The van der Waals surface area contributed by atoms with E-state index in [2.05, 4.69) is 26.2 Å². The molecular formula is C13H27NO. The summed E-state index contributed by atoms with van der Waals surface area (Å²) in [6, 6.07) is 0.685. The van der Waals surface area contributed by atoms with Gasteiger partial charge in [-0.3, -0.25) is 0 Å². The first kappa shape index (κ1) is 13.0. The maximum atomic E-state index is 5.45. The van der Waals surface area contributed by atoms with Crippen LogP contribution in [0.5, 0.6) is 0 Å². The predicted octanol–water partition coefficient (Wildman–Crippen LogP) is 2.97. The number of rotatable bonds is 7. The van der Waals surface area contributed by atoms with E-state index in [1.165, 1.54) is 32.1 Å². The van der Waals surface area contributed by atoms with E-state index in [9.17, 15) is 0 Å². The Morgan fingerprint density at radius 3 is 2.47 bits per heavy atom. The van der Waals surface area contributed by atoms with Gasteiger partial charge in [0.2, 0.25) is 0 Å². The van der Waals surface area contributed by atoms with Crippen molar-refractivity contribution in [2.45, 2.75) is 64.0 Å². The Morgan fingerprint density at radius 1 is 1.40 bits per heavy atom. The van der Waals surface area contributed by atoms with E-state index in [1.807, 2.05) is 0 Å². The van der Waals surface area contributed by atoms with Crippen LogP contribution >= 0.6 is 0 Å². The summed E-state index contributed by atoms with van der Waals surface area (Å²) in [4.78, 5) is 0. The van der Waals surface area contributed by atoms with Crippen molar-refractivity contribution in [3.05, 3.63) is 0 Å². The second-order valence-electron chi connectivity index (χ2n) is 5.52. The first-order valence-corrected chi connectivity index (χ1v) is 6.30. The molecule has 0 aromatic heterocycles. The summed E-state index contributed by atoms with van der Waals surface area (Å²) in [5.41, 5.74) is 0.0364. The van der Waals surface area contributed by atoms with Crippen LogP contribution in [0.1, 0.15) is 52.4 Å². The average molecular weight is 213 g/mol. The Hall–Kier alpha value is -0.0800. The normalized spacial score (nSPS) is 20.0. The molecule has 1 saturated carbocycles. The molecule has 90 valence electrons. The van der Waals surface area contributed by atoms with Crippen molar-refractivity contribution in [1.29, 1.82) is 0 Å². The van der Waals surface area contributed by atoms with Crippen LogP contribution in [0, 0.1) is 5.92 Å². The maximum Gasteiger partial charge on any atom is 0.0623 e. The Morgan fingerprint density at radius 2 is 2.07 bits per heavy atom.